The number of hydrogen-bond acceptors (Lipinski definition) is 3. The maximum absolute atomic E-state index is 12.9. The summed E-state index contributed by atoms with van der Waals surface area (Å²) < 4.78 is 37.6. The molecule has 1 aromatic rings. The van der Waals surface area contributed by atoms with E-state index in [0.29, 0.717) is 11.3 Å². The van der Waals surface area contributed by atoms with Crippen molar-refractivity contribution >= 4 is 15.7 Å². The average molecular weight is 233 g/mol. The molecule has 0 bridgehead atoms. The molecular weight excluding hydrogens is 221 g/mol. The van der Waals surface area contributed by atoms with Crippen LogP contribution >= 0.6 is 0 Å². The fourth-order valence-electron chi connectivity index (χ4n) is 1.06. The average Bonchev–Trinajstić information content (AvgIpc) is 2.10. The Morgan fingerprint density at radius 1 is 1.47 bits per heavy atom. The quantitative estimate of drug-likeness (QED) is 0.810. The van der Waals surface area contributed by atoms with Crippen LogP contribution in [0.4, 0.5) is 10.1 Å². The number of benzene rings is 1. The molecule has 0 saturated heterocycles. The van der Waals surface area contributed by atoms with Crippen LogP contribution in [-0.2, 0) is 10.0 Å². The van der Waals surface area contributed by atoms with Gasteiger partial charge in [0.15, 0.2) is 0 Å². The maximum Gasteiger partial charge on any atom is 0.234 e. The molecule has 0 aliphatic carbocycles. The van der Waals surface area contributed by atoms with E-state index in [9.17, 15) is 12.8 Å². The molecule has 4 nitrogen and oxygen atoms in total. The molecule has 0 atom stereocenters. The van der Waals surface area contributed by atoms with Gasteiger partial charge in [-0.2, -0.15) is 0 Å². The summed E-state index contributed by atoms with van der Waals surface area (Å²) in [6.45, 7) is 1.09. The van der Waals surface area contributed by atoms with Gasteiger partial charge < -0.3 is 5.11 Å². The van der Waals surface area contributed by atoms with Crippen LogP contribution in [0, 0.1) is 12.7 Å². The largest absolute Gasteiger partial charge is 0.395 e. The van der Waals surface area contributed by atoms with E-state index in [-0.39, 0.29) is 11.6 Å². The van der Waals surface area contributed by atoms with Crippen LogP contribution in [0.1, 0.15) is 5.56 Å². The van der Waals surface area contributed by atoms with Crippen LogP contribution in [0.25, 0.3) is 0 Å². The monoisotopic (exact) mass is 233 g/mol. The van der Waals surface area contributed by atoms with Gasteiger partial charge in [-0.3, -0.25) is 4.72 Å². The number of aliphatic hydroxyl groups excluding tert-OH is 1. The first-order chi connectivity index (χ1) is 6.94. The van der Waals surface area contributed by atoms with E-state index in [2.05, 4.69) is 4.72 Å². The molecule has 84 valence electrons. The van der Waals surface area contributed by atoms with E-state index < -0.39 is 16.6 Å². The highest BCUT2D eigenvalue weighted by Crippen LogP contribution is 2.14. The summed E-state index contributed by atoms with van der Waals surface area (Å²) in [5.41, 5.74) is 0.654. The number of nitrogens with one attached hydrogen (secondary N) is 1. The van der Waals surface area contributed by atoms with Crippen LogP contribution in [0.3, 0.4) is 0 Å². The van der Waals surface area contributed by atoms with E-state index in [0.717, 1.165) is 0 Å². The zero-order valence-corrected chi connectivity index (χ0v) is 9.01. The Hall–Kier alpha value is -1.14. The van der Waals surface area contributed by atoms with Crippen molar-refractivity contribution in [3.63, 3.8) is 0 Å². The van der Waals surface area contributed by atoms with E-state index in [1.54, 1.807) is 6.92 Å². The Labute approximate surface area is 87.8 Å². The third-order valence-corrected chi connectivity index (χ3v) is 3.06. The highest BCUT2D eigenvalue weighted by Gasteiger charge is 2.09. The summed E-state index contributed by atoms with van der Waals surface area (Å²) in [5.74, 6) is -0.760. The molecule has 0 spiro atoms. The highest BCUT2D eigenvalue weighted by molar-refractivity contribution is 7.92. The van der Waals surface area contributed by atoms with Gasteiger partial charge in [0.05, 0.1) is 12.4 Å². The zero-order chi connectivity index (χ0) is 11.5. The number of aliphatic hydroxyl groups is 1. The Morgan fingerprint density at radius 3 is 2.67 bits per heavy atom. The van der Waals surface area contributed by atoms with Crippen molar-refractivity contribution in [3.05, 3.63) is 29.6 Å². The third-order valence-electron chi connectivity index (χ3n) is 1.79. The number of hydrogen-bond donors (Lipinski definition) is 2. The van der Waals surface area contributed by atoms with Crippen LogP contribution in [0.5, 0.6) is 0 Å². The second kappa shape index (κ2) is 4.59. The molecule has 0 aliphatic rings. The molecular formula is C9H12FNO3S. The fraction of sp³-hybridized carbons (Fsp3) is 0.333. The smallest absolute Gasteiger partial charge is 0.234 e. The molecule has 6 heteroatoms. The number of sulfonamides is 1. The number of rotatable bonds is 4. The lowest BCUT2D eigenvalue weighted by atomic mass is 10.2. The lowest BCUT2D eigenvalue weighted by Crippen LogP contribution is -2.18. The molecule has 2 N–H and O–H groups in total. The normalized spacial score (nSPS) is 11.4. The van der Waals surface area contributed by atoms with Crippen molar-refractivity contribution in [1.82, 2.24) is 0 Å². The molecule has 0 unspecified atom stereocenters. The standard InChI is InChI=1S/C9H12FNO3S/c1-7-6-8(2-3-9(7)10)11-15(13,14)5-4-12/h2-3,6,11-12H,4-5H2,1H3. The molecule has 0 saturated carbocycles. The minimum atomic E-state index is -3.54. The molecule has 0 radical (unpaired) electrons. The molecule has 0 heterocycles. The summed E-state index contributed by atoms with van der Waals surface area (Å²) in [7, 11) is -3.54. The molecule has 15 heavy (non-hydrogen) atoms. The predicted octanol–water partition coefficient (Wildman–Crippen LogP) is 0.868. The topological polar surface area (TPSA) is 66.4 Å². The summed E-state index contributed by atoms with van der Waals surface area (Å²) in [4.78, 5) is 0. The second-order valence-electron chi connectivity index (χ2n) is 3.11. The Bertz CT molecular complexity index is 445. The Morgan fingerprint density at radius 2 is 2.13 bits per heavy atom. The third kappa shape index (κ3) is 3.49. The van der Waals surface area contributed by atoms with Crippen molar-refractivity contribution in [2.45, 2.75) is 6.92 Å². The predicted molar refractivity (Wildman–Crippen MR) is 55.6 cm³/mol. The van der Waals surface area contributed by atoms with Crippen molar-refractivity contribution in [2.75, 3.05) is 17.1 Å². The van der Waals surface area contributed by atoms with Crippen LogP contribution in [0.15, 0.2) is 18.2 Å². The van der Waals surface area contributed by atoms with E-state index in [1.165, 1.54) is 18.2 Å². The van der Waals surface area contributed by atoms with Gasteiger partial charge in [0, 0.05) is 5.69 Å². The summed E-state index contributed by atoms with van der Waals surface area (Å²) in [5, 5.41) is 8.50. The van der Waals surface area contributed by atoms with Crippen molar-refractivity contribution < 1.29 is 17.9 Å². The van der Waals surface area contributed by atoms with Crippen molar-refractivity contribution in [3.8, 4) is 0 Å². The van der Waals surface area contributed by atoms with Gasteiger partial charge in [0.25, 0.3) is 0 Å². The van der Waals surface area contributed by atoms with Crippen molar-refractivity contribution in [2.24, 2.45) is 0 Å². The van der Waals surface area contributed by atoms with Crippen LogP contribution in [0.2, 0.25) is 0 Å². The summed E-state index contributed by atoms with van der Waals surface area (Å²) >= 11 is 0. The van der Waals surface area contributed by atoms with Crippen molar-refractivity contribution in [1.29, 1.82) is 0 Å². The Kier molecular flexibility index (Phi) is 3.65. The minimum absolute atomic E-state index is 0.294. The molecule has 0 aromatic heterocycles. The molecule has 0 aliphatic heterocycles. The fourth-order valence-corrected chi connectivity index (χ4v) is 1.89. The lowest BCUT2D eigenvalue weighted by molar-refractivity contribution is 0.320. The Balaban J connectivity index is 2.86. The van der Waals surface area contributed by atoms with Crippen LogP contribution in [-0.4, -0.2) is 25.9 Å². The highest BCUT2D eigenvalue weighted by atomic mass is 32.2. The number of anilines is 1. The van der Waals surface area contributed by atoms with E-state index in [1.807, 2.05) is 0 Å². The van der Waals surface area contributed by atoms with Gasteiger partial charge in [-0.1, -0.05) is 0 Å². The maximum atomic E-state index is 12.9. The second-order valence-corrected chi connectivity index (χ2v) is 4.95. The van der Waals surface area contributed by atoms with Gasteiger partial charge >= 0.3 is 0 Å². The minimum Gasteiger partial charge on any atom is -0.395 e. The zero-order valence-electron chi connectivity index (χ0n) is 8.20. The van der Waals surface area contributed by atoms with Gasteiger partial charge in [-0.05, 0) is 30.7 Å². The summed E-state index contributed by atoms with van der Waals surface area (Å²) in [6.07, 6.45) is 0. The number of aryl methyl sites for hydroxylation is 1. The van der Waals surface area contributed by atoms with E-state index in [4.69, 9.17) is 5.11 Å². The van der Waals surface area contributed by atoms with E-state index >= 15 is 0 Å². The van der Waals surface area contributed by atoms with Crippen LogP contribution < -0.4 is 4.72 Å². The molecule has 0 amide bonds. The van der Waals surface area contributed by atoms with Gasteiger partial charge in [0.2, 0.25) is 10.0 Å². The first-order valence-electron chi connectivity index (χ1n) is 4.32. The van der Waals surface area contributed by atoms with Gasteiger partial charge in [-0.25, -0.2) is 12.8 Å². The lowest BCUT2D eigenvalue weighted by Gasteiger charge is -2.07. The van der Waals surface area contributed by atoms with Gasteiger partial charge in [0.1, 0.15) is 5.82 Å². The molecule has 0 fully saturated rings. The number of halogens is 1. The molecule has 1 rings (SSSR count). The SMILES string of the molecule is Cc1cc(NS(=O)(=O)CCO)ccc1F. The molecule has 1 aromatic carbocycles. The summed E-state index contributed by atoms with van der Waals surface area (Å²) in [6, 6.07) is 3.91. The first kappa shape index (κ1) is 11.9. The van der Waals surface area contributed by atoms with Gasteiger partial charge in [-0.15, -0.1) is 0 Å². The first-order valence-corrected chi connectivity index (χ1v) is 5.97.